The Morgan fingerprint density at radius 1 is 1.18 bits per heavy atom. The van der Waals surface area contributed by atoms with Crippen molar-refractivity contribution in [2.45, 2.75) is 0 Å². The predicted octanol–water partition coefficient (Wildman–Crippen LogP) is 2.53. The second-order valence-electron chi connectivity index (χ2n) is 4.57. The molecular weight excluding hydrogens is 280 g/mol. The van der Waals surface area contributed by atoms with Gasteiger partial charge in [-0.15, -0.1) is 0 Å². The molecule has 1 amide bonds. The first-order chi connectivity index (χ1) is 10.8. The SMILES string of the molecule is COc1cccc(C(=O)Nc2ccc(-n3cncn3)cc2)c1. The largest absolute Gasteiger partial charge is 0.497 e. The highest BCUT2D eigenvalue weighted by Crippen LogP contribution is 2.16. The van der Waals surface area contributed by atoms with Gasteiger partial charge >= 0.3 is 0 Å². The summed E-state index contributed by atoms with van der Waals surface area (Å²) in [7, 11) is 1.57. The van der Waals surface area contributed by atoms with Gasteiger partial charge in [0.15, 0.2) is 0 Å². The molecule has 1 aromatic heterocycles. The molecule has 6 nitrogen and oxygen atoms in total. The van der Waals surface area contributed by atoms with Crippen LogP contribution in [0, 0.1) is 0 Å². The van der Waals surface area contributed by atoms with Crippen molar-refractivity contribution in [3.05, 3.63) is 66.7 Å². The number of anilines is 1. The topological polar surface area (TPSA) is 69.0 Å². The molecule has 0 spiro atoms. The van der Waals surface area contributed by atoms with Gasteiger partial charge in [-0.3, -0.25) is 4.79 Å². The molecule has 0 saturated carbocycles. The lowest BCUT2D eigenvalue weighted by atomic mass is 10.2. The molecule has 0 radical (unpaired) electrons. The van der Waals surface area contributed by atoms with Crippen LogP contribution in [-0.4, -0.2) is 27.8 Å². The first-order valence-corrected chi connectivity index (χ1v) is 6.67. The summed E-state index contributed by atoms with van der Waals surface area (Å²) in [5.41, 5.74) is 2.12. The average Bonchev–Trinajstić information content (AvgIpc) is 3.10. The van der Waals surface area contributed by atoms with E-state index in [0.29, 0.717) is 17.0 Å². The number of methoxy groups -OCH3 is 1. The Morgan fingerprint density at radius 3 is 2.68 bits per heavy atom. The summed E-state index contributed by atoms with van der Waals surface area (Å²) in [6.07, 6.45) is 3.09. The molecule has 6 heteroatoms. The zero-order valence-corrected chi connectivity index (χ0v) is 11.9. The highest BCUT2D eigenvalue weighted by Gasteiger charge is 2.07. The van der Waals surface area contributed by atoms with E-state index < -0.39 is 0 Å². The van der Waals surface area contributed by atoms with Crippen molar-refractivity contribution in [1.82, 2.24) is 14.8 Å². The maximum atomic E-state index is 12.2. The quantitative estimate of drug-likeness (QED) is 0.802. The molecule has 1 N–H and O–H groups in total. The van der Waals surface area contributed by atoms with Crippen molar-refractivity contribution in [3.8, 4) is 11.4 Å². The molecule has 1 heterocycles. The fourth-order valence-corrected chi connectivity index (χ4v) is 2.01. The van der Waals surface area contributed by atoms with Crippen LogP contribution in [0.25, 0.3) is 5.69 Å². The fourth-order valence-electron chi connectivity index (χ4n) is 2.01. The summed E-state index contributed by atoms with van der Waals surface area (Å²) < 4.78 is 6.76. The van der Waals surface area contributed by atoms with Gasteiger partial charge in [0.25, 0.3) is 5.91 Å². The monoisotopic (exact) mass is 294 g/mol. The Hall–Kier alpha value is -3.15. The minimum Gasteiger partial charge on any atom is -0.497 e. The first kappa shape index (κ1) is 13.8. The number of hydrogen-bond acceptors (Lipinski definition) is 4. The van der Waals surface area contributed by atoms with Gasteiger partial charge in [-0.25, -0.2) is 9.67 Å². The van der Waals surface area contributed by atoms with Gasteiger partial charge in [-0.05, 0) is 42.5 Å². The average molecular weight is 294 g/mol. The number of benzene rings is 2. The van der Waals surface area contributed by atoms with Crippen LogP contribution in [0.15, 0.2) is 61.2 Å². The van der Waals surface area contributed by atoms with Gasteiger partial charge < -0.3 is 10.1 Å². The maximum Gasteiger partial charge on any atom is 0.255 e. The Bertz CT molecular complexity index is 767. The molecule has 0 saturated heterocycles. The van der Waals surface area contributed by atoms with E-state index in [2.05, 4.69) is 15.4 Å². The van der Waals surface area contributed by atoms with Gasteiger partial charge in [0.2, 0.25) is 0 Å². The summed E-state index contributed by atoms with van der Waals surface area (Å²) in [6, 6.07) is 14.3. The fraction of sp³-hybridized carbons (Fsp3) is 0.0625. The van der Waals surface area contributed by atoms with Gasteiger partial charge in [-0.2, -0.15) is 5.10 Å². The maximum absolute atomic E-state index is 12.2. The summed E-state index contributed by atoms with van der Waals surface area (Å²) in [4.78, 5) is 16.1. The van der Waals surface area contributed by atoms with E-state index in [1.165, 1.54) is 6.33 Å². The van der Waals surface area contributed by atoms with E-state index in [4.69, 9.17) is 4.74 Å². The van der Waals surface area contributed by atoms with Crippen LogP contribution in [-0.2, 0) is 0 Å². The molecule has 22 heavy (non-hydrogen) atoms. The Kier molecular flexibility index (Phi) is 3.82. The molecule has 0 aliphatic heterocycles. The number of ether oxygens (including phenoxy) is 1. The minimum atomic E-state index is -0.188. The van der Waals surface area contributed by atoms with Crippen LogP contribution in [0.2, 0.25) is 0 Å². The van der Waals surface area contributed by atoms with Crippen LogP contribution >= 0.6 is 0 Å². The third kappa shape index (κ3) is 2.95. The summed E-state index contributed by atoms with van der Waals surface area (Å²) in [5.74, 6) is 0.460. The summed E-state index contributed by atoms with van der Waals surface area (Å²) in [5, 5.41) is 6.89. The highest BCUT2D eigenvalue weighted by molar-refractivity contribution is 6.04. The molecule has 0 atom stereocenters. The molecule has 0 fully saturated rings. The molecule has 2 aromatic carbocycles. The van der Waals surface area contributed by atoms with Gasteiger partial charge in [0.05, 0.1) is 12.8 Å². The number of nitrogens with one attached hydrogen (secondary N) is 1. The molecule has 0 bridgehead atoms. The summed E-state index contributed by atoms with van der Waals surface area (Å²) in [6.45, 7) is 0. The molecule has 0 unspecified atom stereocenters. The number of amides is 1. The van der Waals surface area contributed by atoms with E-state index in [-0.39, 0.29) is 5.91 Å². The lowest BCUT2D eigenvalue weighted by molar-refractivity contribution is 0.102. The Morgan fingerprint density at radius 2 is 2.00 bits per heavy atom. The van der Waals surface area contributed by atoms with Gasteiger partial charge in [-0.1, -0.05) is 6.07 Å². The van der Waals surface area contributed by atoms with Crippen LogP contribution in [0.1, 0.15) is 10.4 Å². The van der Waals surface area contributed by atoms with E-state index >= 15 is 0 Å². The molecule has 3 rings (SSSR count). The van der Waals surface area contributed by atoms with Crippen molar-refractivity contribution in [3.63, 3.8) is 0 Å². The van der Waals surface area contributed by atoms with E-state index in [0.717, 1.165) is 5.69 Å². The van der Waals surface area contributed by atoms with Crippen LogP contribution in [0.4, 0.5) is 5.69 Å². The van der Waals surface area contributed by atoms with E-state index in [1.807, 2.05) is 24.3 Å². The normalized spacial score (nSPS) is 10.2. The molecule has 3 aromatic rings. The zero-order chi connectivity index (χ0) is 15.4. The van der Waals surface area contributed by atoms with Crippen molar-refractivity contribution in [2.24, 2.45) is 0 Å². The lowest BCUT2D eigenvalue weighted by Gasteiger charge is -2.07. The van der Waals surface area contributed by atoms with Crippen molar-refractivity contribution in [2.75, 3.05) is 12.4 Å². The third-order valence-electron chi connectivity index (χ3n) is 3.14. The van der Waals surface area contributed by atoms with Crippen LogP contribution < -0.4 is 10.1 Å². The van der Waals surface area contributed by atoms with Crippen molar-refractivity contribution < 1.29 is 9.53 Å². The van der Waals surface area contributed by atoms with E-state index in [1.54, 1.807) is 42.4 Å². The number of carbonyl (C=O) groups is 1. The Labute approximate surface area is 127 Å². The molecule has 0 aliphatic rings. The second-order valence-corrected chi connectivity index (χ2v) is 4.57. The molecule has 0 aliphatic carbocycles. The predicted molar refractivity (Wildman–Crippen MR) is 82.3 cm³/mol. The Balaban J connectivity index is 1.74. The van der Waals surface area contributed by atoms with Gasteiger partial charge in [0, 0.05) is 11.3 Å². The number of nitrogens with zero attached hydrogens (tertiary/aromatic N) is 3. The smallest absolute Gasteiger partial charge is 0.255 e. The first-order valence-electron chi connectivity index (χ1n) is 6.67. The standard InChI is InChI=1S/C16H14N4O2/c1-22-15-4-2-3-12(9-15)16(21)19-13-5-7-14(8-6-13)20-11-17-10-18-20/h2-11H,1H3,(H,19,21). The number of aromatic nitrogens is 3. The van der Waals surface area contributed by atoms with Crippen LogP contribution in [0.3, 0.4) is 0 Å². The van der Waals surface area contributed by atoms with E-state index in [9.17, 15) is 4.79 Å². The third-order valence-corrected chi connectivity index (χ3v) is 3.14. The molecule has 110 valence electrons. The highest BCUT2D eigenvalue weighted by atomic mass is 16.5. The van der Waals surface area contributed by atoms with Crippen molar-refractivity contribution >= 4 is 11.6 Å². The zero-order valence-electron chi connectivity index (χ0n) is 11.9. The minimum absolute atomic E-state index is 0.188. The summed E-state index contributed by atoms with van der Waals surface area (Å²) >= 11 is 0. The van der Waals surface area contributed by atoms with Crippen molar-refractivity contribution in [1.29, 1.82) is 0 Å². The number of hydrogen-bond donors (Lipinski definition) is 1. The number of carbonyl (C=O) groups excluding carboxylic acids is 1. The second kappa shape index (κ2) is 6.09. The lowest BCUT2D eigenvalue weighted by Crippen LogP contribution is -2.11. The van der Waals surface area contributed by atoms with Crippen LogP contribution in [0.5, 0.6) is 5.75 Å². The number of rotatable bonds is 4. The van der Waals surface area contributed by atoms with Gasteiger partial charge in [0.1, 0.15) is 18.4 Å². The molecular formula is C16H14N4O2.